The van der Waals surface area contributed by atoms with Crippen molar-refractivity contribution in [2.45, 2.75) is 13.0 Å². The molecule has 1 aromatic rings. The van der Waals surface area contributed by atoms with Crippen LogP contribution in [0.1, 0.15) is 28.9 Å². The largest absolute Gasteiger partial charge is 0.359 e. The van der Waals surface area contributed by atoms with Gasteiger partial charge in [0.2, 0.25) is 0 Å². The van der Waals surface area contributed by atoms with Gasteiger partial charge in [0, 0.05) is 11.6 Å². The lowest BCUT2D eigenvalue weighted by Crippen LogP contribution is -2.05. The molecule has 0 saturated carbocycles. The molecular formula is C11H12BrFO3. The molecule has 0 N–H and O–H groups in total. The summed E-state index contributed by atoms with van der Waals surface area (Å²) in [4.78, 5) is 10.5. The molecule has 0 aliphatic carbocycles. The first-order valence-corrected chi connectivity index (χ1v) is 5.44. The molecule has 0 saturated heterocycles. The average Bonchev–Trinajstić information content (AvgIpc) is 2.28. The van der Waals surface area contributed by atoms with E-state index in [1.807, 2.05) is 0 Å². The summed E-state index contributed by atoms with van der Waals surface area (Å²) >= 11 is 3.27. The summed E-state index contributed by atoms with van der Waals surface area (Å²) in [5.74, 6) is -0.555. The second-order valence-electron chi connectivity index (χ2n) is 3.23. The van der Waals surface area contributed by atoms with Crippen LogP contribution >= 0.6 is 15.9 Å². The standard InChI is InChI=1S/C11H12BrFO3/c1-7(16-6-15-2)9-4-11(13)8(5-14)3-10(9)12/h3-5,7H,6H2,1-2H3. The molecular weight excluding hydrogens is 279 g/mol. The van der Waals surface area contributed by atoms with Crippen LogP contribution in [-0.2, 0) is 9.47 Å². The second-order valence-corrected chi connectivity index (χ2v) is 4.08. The minimum absolute atomic E-state index is 0.0227. The first kappa shape index (κ1) is 13.3. The van der Waals surface area contributed by atoms with Gasteiger partial charge in [-0.3, -0.25) is 4.79 Å². The van der Waals surface area contributed by atoms with Crippen molar-refractivity contribution >= 4 is 22.2 Å². The van der Waals surface area contributed by atoms with E-state index in [2.05, 4.69) is 15.9 Å². The van der Waals surface area contributed by atoms with E-state index in [9.17, 15) is 9.18 Å². The Morgan fingerprint density at radius 2 is 2.25 bits per heavy atom. The smallest absolute Gasteiger partial charge is 0.153 e. The summed E-state index contributed by atoms with van der Waals surface area (Å²) in [6.07, 6.45) is 0.161. The van der Waals surface area contributed by atoms with E-state index < -0.39 is 5.82 Å². The predicted molar refractivity (Wildman–Crippen MR) is 60.9 cm³/mol. The van der Waals surface area contributed by atoms with Crippen molar-refractivity contribution in [3.05, 3.63) is 33.5 Å². The summed E-state index contributed by atoms with van der Waals surface area (Å²) in [5, 5.41) is 0. The van der Waals surface area contributed by atoms with Crippen molar-refractivity contribution in [1.29, 1.82) is 0 Å². The van der Waals surface area contributed by atoms with Gasteiger partial charge in [0.05, 0.1) is 11.7 Å². The minimum Gasteiger partial charge on any atom is -0.359 e. The maximum absolute atomic E-state index is 13.4. The Bertz CT molecular complexity index is 382. The number of aldehydes is 1. The number of hydrogen-bond acceptors (Lipinski definition) is 3. The Kier molecular flexibility index (Phi) is 5.05. The van der Waals surface area contributed by atoms with Crippen LogP contribution in [0.5, 0.6) is 0 Å². The van der Waals surface area contributed by atoms with Gasteiger partial charge in [-0.05, 0) is 24.6 Å². The topological polar surface area (TPSA) is 35.5 Å². The third-order valence-corrected chi connectivity index (χ3v) is 2.80. The van der Waals surface area contributed by atoms with E-state index in [0.717, 1.165) is 0 Å². The summed E-state index contributed by atoms with van der Waals surface area (Å²) in [7, 11) is 1.51. The van der Waals surface area contributed by atoms with Crippen molar-refractivity contribution in [2.75, 3.05) is 13.9 Å². The van der Waals surface area contributed by atoms with E-state index in [1.165, 1.54) is 19.2 Å². The number of benzene rings is 1. The monoisotopic (exact) mass is 290 g/mol. The molecule has 1 atom stereocenters. The number of ether oxygens (including phenoxy) is 2. The van der Waals surface area contributed by atoms with Crippen molar-refractivity contribution in [3.63, 3.8) is 0 Å². The van der Waals surface area contributed by atoms with Gasteiger partial charge in [0.25, 0.3) is 0 Å². The lowest BCUT2D eigenvalue weighted by molar-refractivity contribution is -0.0669. The average molecular weight is 291 g/mol. The zero-order valence-corrected chi connectivity index (χ0v) is 10.6. The minimum atomic E-state index is -0.555. The lowest BCUT2D eigenvalue weighted by atomic mass is 10.1. The number of methoxy groups -OCH3 is 1. The predicted octanol–water partition coefficient (Wildman–Crippen LogP) is 3.08. The molecule has 0 bridgehead atoms. The van der Waals surface area contributed by atoms with Gasteiger partial charge in [0.15, 0.2) is 6.29 Å². The third-order valence-electron chi connectivity index (χ3n) is 2.12. The highest BCUT2D eigenvalue weighted by Crippen LogP contribution is 2.28. The molecule has 0 amide bonds. The molecule has 0 aliphatic rings. The van der Waals surface area contributed by atoms with Gasteiger partial charge in [-0.2, -0.15) is 0 Å². The number of rotatable bonds is 5. The van der Waals surface area contributed by atoms with Crippen molar-refractivity contribution in [3.8, 4) is 0 Å². The van der Waals surface area contributed by atoms with Gasteiger partial charge < -0.3 is 9.47 Å². The van der Waals surface area contributed by atoms with Crippen molar-refractivity contribution in [2.24, 2.45) is 0 Å². The van der Waals surface area contributed by atoms with Crippen LogP contribution in [-0.4, -0.2) is 20.2 Å². The van der Waals surface area contributed by atoms with Crippen molar-refractivity contribution < 1.29 is 18.7 Å². The fourth-order valence-electron chi connectivity index (χ4n) is 1.24. The van der Waals surface area contributed by atoms with E-state index in [-0.39, 0.29) is 18.5 Å². The number of carbonyl (C=O) groups excluding carboxylic acids is 1. The Labute approximate surface area is 102 Å². The molecule has 16 heavy (non-hydrogen) atoms. The molecule has 0 heterocycles. The third kappa shape index (κ3) is 3.10. The van der Waals surface area contributed by atoms with Gasteiger partial charge in [-0.1, -0.05) is 15.9 Å². The second kappa shape index (κ2) is 6.08. The normalized spacial score (nSPS) is 12.5. The van der Waals surface area contributed by atoms with Crippen LogP contribution in [0.15, 0.2) is 16.6 Å². The van der Waals surface area contributed by atoms with Crippen LogP contribution in [0.4, 0.5) is 4.39 Å². The Balaban J connectivity index is 2.96. The van der Waals surface area contributed by atoms with E-state index in [4.69, 9.17) is 9.47 Å². The van der Waals surface area contributed by atoms with Crippen LogP contribution in [0.2, 0.25) is 0 Å². The van der Waals surface area contributed by atoms with Gasteiger partial charge in [-0.15, -0.1) is 0 Å². The summed E-state index contributed by atoms with van der Waals surface area (Å²) in [5.41, 5.74) is 0.662. The number of carbonyl (C=O) groups is 1. The fourth-order valence-corrected chi connectivity index (χ4v) is 1.92. The van der Waals surface area contributed by atoms with E-state index >= 15 is 0 Å². The summed E-state index contributed by atoms with van der Waals surface area (Å²) < 4.78 is 24.1. The first-order valence-electron chi connectivity index (χ1n) is 4.64. The van der Waals surface area contributed by atoms with E-state index in [0.29, 0.717) is 16.3 Å². The Hall–Kier alpha value is -0.780. The van der Waals surface area contributed by atoms with Crippen LogP contribution in [0.3, 0.4) is 0 Å². The number of halogens is 2. The summed E-state index contributed by atoms with van der Waals surface area (Å²) in [6, 6.07) is 2.72. The highest BCUT2D eigenvalue weighted by molar-refractivity contribution is 9.10. The molecule has 0 fully saturated rings. The molecule has 0 radical (unpaired) electrons. The quantitative estimate of drug-likeness (QED) is 0.618. The molecule has 1 rings (SSSR count). The zero-order valence-electron chi connectivity index (χ0n) is 9.00. The summed E-state index contributed by atoms with van der Waals surface area (Å²) in [6.45, 7) is 1.91. The highest BCUT2D eigenvalue weighted by atomic mass is 79.9. The molecule has 1 aromatic carbocycles. The fraction of sp³-hybridized carbons (Fsp3) is 0.364. The Morgan fingerprint density at radius 3 is 2.81 bits per heavy atom. The van der Waals surface area contributed by atoms with Crippen LogP contribution in [0.25, 0.3) is 0 Å². The zero-order chi connectivity index (χ0) is 12.1. The Morgan fingerprint density at radius 1 is 1.56 bits per heavy atom. The van der Waals surface area contributed by atoms with Crippen molar-refractivity contribution in [1.82, 2.24) is 0 Å². The maximum Gasteiger partial charge on any atom is 0.153 e. The molecule has 0 aromatic heterocycles. The van der Waals surface area contributed by atoms with Crippen LogP contribution < -0.4 is 0 Å². The van der Waals surface area contributed by atoms with Crippen LogP contribution in [0, 0.1) is 5.82 Å². The molecule has 3 nitrogen and oxygen atoms in total. The van der Waals surface area contributed by atoms with Gasteiger partial charge >= 0.3 is 0 Å². The molecule has 1 unspecified atom stereocenters. The molecule has 0 aliphatic heterocycles. The maximum atomic E-state index is 13.4. The molecule has 88 valence electrons. The first-order chi connectivity index (χ1) is 7.60. The highest BCUT2D eigenvalue weighted by Gasteiger charge is 2.13. The van der Waals surface area contributed by atoms with Gasteiger partial charge in [-0.25, -0.2) is 4.39 Å². The number of hydrogen-bond donors (Lipinski definition) is 0. The lowest BCUT2D eigenvalue weighted by Gasteiger charge is -2.15. The van der Waals surface area contributed by atoms with Gasteiger partial charge in [0.1, 0.15) is 12.6 Å². The molecule has 5 heteroatoms. The molecule has 0 spiro atoms. The SMILES string of the molecule is COCOC(C)c1cc(F)c(C=O)cc1Br. The van der Waals surface area contributed by atoms with E-state index in [1.54, 1.807) is 6.92 Å².